The predicted molar refractivity (Wildman–Crippen MR) is 95.7 cm³/mol. The van der Waals surface area contributed by atoms with Gasteiger partial charge in [-0.15, -0.1) is 0 Å². The van der Waals surface area contributed by atoms with Crippen molar-refractivity contribution in [1.82, 2.24) is 0 Å². The van der Waals surface area contributed by atoms with Crippen molar-refractivity contribution in [2.45, 2.75) is 73.8 Å². The molecule has 4 unspecified atom stereocenters. The van der Waals surface area contributed by atoms with Gasteiger partial charge in [0.1, 0.15) is 0 Å². The average molecular weight is 303 g/mol. The van der Waals surface area contributed by atoms with E-state index in [1.807, 2.05) is 6.92 Å². The van der Waals surface area contributed by atoms with Gasteiger partial charge in [0.25, 0.3) is 0 Å². The average Bonchev–Trinajstić information content (AvgIpc) is 2.42. The molecule has 0 spiro atoms. The standard InChI is InChI=1S/C21H34O/c1-13(10-11-16(4)22)18-12-21(6,7)20-15(3)9-8-14(2)19(20)17(18)5/h8,12-13,15-17,22H,9-11H2,1-7H3. The molecule has 0 aliphatic heterocycles. The third-order valence-electron chi connectivity index (χ3n) is 5.73. The summed E-state index contributed by atoms with van der Waals surface area (Å²) in [6, 6.07) is 0. The van der Waals surface area contributed by atoms with E-state index in [0.29, 0.717) is 17.8 Å². The minimum atomic E-state index is -0.193. The van der Waals surface area contributed by atoms with Gasteiger partial charge in [0.15, 0.2) is 0 Å². The van der Waals surface area contributed by atoms with Gasteiger partial charge in [0, 0.05) is 11.3 Å². The lowest BCUT2D eigenvalue weighted by molar-refractivity contribution is 0.176. The predicted octanol–water partition coefficient (Wildman–Crippen LogP) is 5.67. The molecule has 0 amide bonds. The molecule has 0 radical (unpaired) electrons. The molecule has 2 aliphatic rings. The summed E-state index contributed by atoms with van der Waals surface area (Å²) in [6.07, 6.45) is 7.92. The van der Waals surface area contributed by atoms with Crippen LogP contribution in [-0.2, 0) is 0 Å². The van der Waals surface area contributed by atoms with Gasteiger partial charge in [0.05, 0.1) is 6.10 Å². The molecule has 0 fully saturated rings. The Hall–Kier alpha value is -0.820. The fourth-order valence-corrected chi connectivity index (χ4v) is 4.63. The van der Waals surface area contributed by atoms with E-state index in [9.17, 15) is 5.11 Å². The lowest BCUT2D eigenvalue weighted by Crippen LogP contribution is -2.31. The van der Waals surface area contributed by atoms with Gasteiger partial charge in [-0.1, -0.05) is 63.5 Å². The fraction of sp³-hybridized carbons (Fsp3) is 0.714. The molecule has 0 saturated heterocycles. The molecule has 22 heavy (non-hydrogen) atoms. The minimum Gasteiger partial charge on any atom is -0.393 e. The zero-order valence-corrected chi connectivity index (χ0v) is 15.5. The largest absolute Gasteiger partial charge is 0.393 e. The van der Waals surface area contributed by atoms with E-state index < -0.39 is 0 Å². The van der Waals surface area contributed by atoms with E-state index in [2.05, 4.69) is 53.7 Å². The van der Waals surface area contributed by atoms with Crippen LogP contribution in [-0.4, -0.2) is 11.2 Å². The van der Waals surface area contributed by atoms with E-state index in [4.69, 9.17) is 0 Å². The van der Waals surface area contributed by atoms with Crippen molar-refractivity contribution in [3.8, 4) is 0 Å². The summed E-state index contributed by atoms with van der Waals surface area (Å²) in [4.78, 5) is 0. The molecule has 2 rings (SSSR count). The van der Waals surface area contributed by atoms with Crippen LogP contribution in [0.15, 0.2) is 34.4 Å². The van der Waals surface area contributed by atoms with Crippen molar-refractivity contribution in [2.24, 2.45) is 23.2 Å². The molecule has 1 heteroatoms. The molecule has 1 nitrogen and oxygen atoms in total. The second kappa shape index (κ2) is 6.35. The third-order valence-corrected chi connectivity index (χ3v) is 5.73. The van der Waals surface area contributed by atoms with Gasteiger partial charge in [-0.3, -0.25) is 0 Å². The quantitative estimate of drug-likeness (QED) is 0.663. The highest BCUT2D eigenvalue weighted by atomic mass is 16.3. The van der Waals surface area contributed by atoms with Gasteiger partial charge in [0.2, 0.25) is 0 Å². The first kappa shape index (κ1) is 17.5. The third kappa shape index (κ3) is 3.25. The Balaban J connectivity index is 2.35. The lowest BCUT2D eigenvalue weighted by atomic mass is 9.61. The molecule has 124 valence electrons. The molecule has 0 aromatic heterocycles. The molecule has 0 heterocycles. The highest BCUT2D eigenvalue weighted by Crippen LogP contribution is 2.51. The highest BCUT2D eigenvalue weighted by Gasteiger charge is 2.38. The van der Waals surface area contributed by atoms with Crippen molar-refractivity contribution in [3.05, 3.63) is 34.4 Å². The van der Waals surface area contributed by atoms with Gasteiger partial charge in [-0.05, 0) is 50.5 Å². The molecular formula is C21H34O. The van der Waals surface area contributed by atoms with Crippen molar-refractivity contribution >= 4 is 0 Å². The van der Waals surface area contributed by atoms with Gasteiger partial charge < -0.3 is 5.11 Å². The van der Waals surface area contributed by atoms with Crippen molar-refractivity contribution < 1.29 is 5.11 Å². The zero-order chi connectivity index (χ0) is 16.7. The van der Waals surface area contributed by atoms with E-state index in [0.717, 1.165) is 12.8 Å². The summed E-state index contributed by atoms with van der Waals surface area (Å²) in [5, 5.41) is 9.59. The summed E-state index contributed by atoms with van der Waals surface area (Å²) in [5.41, 5.74) is 6.48. The Morgan fingerprint density at radius 1 is 1.23 bits per heavy atom. The molecule has 0 aromatic carbocycles. The van der Waals surface area contributed by atoms with Crippen LogP contribution in [0.3, 0.4) is 0 Å². The molecule has 4 atom stereocenters. The smallest absolute Gasteiger partial charge is 0.0512 e. The number of aliphatic hydroxyl groups is 1. The fourth-order valence-electron chi connectivity index (χ4n) is 4.63. The van der Waals surface area contributed by atoms with Crippen LogP contribution in [0, 0.1) is 23.2 Å². The Labute approximate surface area is 137 Å². The first-order valence-corrected chi connectivity index (χ1v) is 8.97. The van der Waals surface area contributed by atoms with Gasteiger partial charge >= 0.3 is 0 Å². The first-order valence-electron chi connectivity index (χ1n) is 8.97. The molecule has 0 aromatic rings. The Kier molecular flexibility index (Phi) is 5.06. The zero-order valence-electron chi connectivity index (χ0n) is 15.5. The Morgan fingerprint density at radius 2 is 1.86 bits per heavy atom. The monoisotopic (exact) mass is 302 g/mol. The van der Waals surface area contributed by atoms with Gasteiger partial charge in [-0.2, -0.15) is 0 Å². The second-order valence-electron chi connectivity index (χ2n) is 8.27. The number of aliphatic hydroxyl groups excluding tert-OH is 1. The van der Waals surface area contributed by atoms with E-state index in [1.165, 1.54) is 12.0 Å². The van der Waals surface area contributed by atoms with Crippen LogP contribution in [0.25, 0.3) is 0 Å². The van der Waals surface area contributed by atoms with E-state index >= 15 is 0 Å². The number of allylic oxidation sites excluding steroid dienone is 6. The van der Waals surface area contributed by atoms with E-state index in [-0.39, 0.29) is 11.5 Å². The maximum absolute atomic E-state index is 9.59. The van der Waals surface area contributed by atoms with Crippen molar-refractivity contribution in [1.29, 1.82) is 0 Å². The lowest BCUT2D eigenvalue weighted by Gasteiger charge is -2.44. The molecular weight excluding hydrogens is 268 g/mol. The Morgan fingerprint density at radius 3 is 2.45 bits per heavy atom. The van der Waals surface area contributed by atoms with Crippen LogP contribution in [0.5, 0.6) is 0 Å². The molecule has 0 saturated carbocycles. The molecule has 2 aliphatic carbocycles. The van der Waals surface area contributed by atoms with Gasteiger partial charge in [-0.25, -0.2) is 0 Å². The maximum atomic E-state index is 9.59. The summed E-state index contributed by atoms with van der Waals surface area (Å²) in [7, 11) is 0. The minimum absolute atomic E-state index is 0.158. The van der Waals surface area contributed by atoms with Crippen LogP contribution in [0.4, 0.5) is 0 Å². The van der Waals surface area contributed by atoms with Crippen LogP contribution in [0.2, 0.25) is 0 Å². The highest BCUT2D eigenvalue weighted by molar-refractivity contribution is 5.50. The normalized spacial score (nSPS) is 30.4. The van der Waals surface area contributed by atoms with Crippen molar-refractivity contribution in [2.75, 3.05) is 0 Å². The topological polar surface area (TPSA) is 20.2 Å². The first-order chi connectivity index (χ1) is 10.1. The second-order valence-corrected chi connectivity index (χ2v) is 8.27. The summed E-state index contributed by atoms with van der Waals surface area (Å²) in [6.45, 7) is 16.0. The Bertz CT molecular complexity index is 516. The summed E-state index contributed by atoms with van der Waals surface area (Å²) >= 11 is 0. The molecule has 0 bridgehead atoms. The van der Waals surface area contributed by atoms with Crippen LogP contribution >= 0.6 is 0 Å². The number of hydrogen-bond donors (Lipinski definition) is 1. The molecule has 1 N–H and O–H groups in total. The number of hydrogen-bond acceptors (Lipinski definition) is 1. The SMILES string of the molecule is CC1=CCC(C)C2=C1C(C)C(C(C)CCC(C)O)=CC2(C)C. The van der Waals surface area contributed by atoms with Crippen LogP contribution < -0.4 is 0 Å². The summed E-state index contributed by atoms with van der Waals surface area (Å²) in [5.74, 6) is 1.72. The van der Waals surface area contributed by atoms with Crippen LogP contribution in [0.1, 0.15) is 67.7 Å². The summed E-state index contributed by atoms with van der Waals surface area (Å²) < 4.78 is 0. The number of rotatable bonds is 4. The maximum Gasteiger partial charge on any atom is 0.0512 e. The van der Waals surface area contributed by atoms with E-state index in [1.54, 1.807) is 16.7 Å². The van der Waals surface area contributed by atoms with Crippen molar-refractivity contribution in [3.63, 3.8) is 0 Å².